The highest BCUT2D eigenvalue weighted by Gasteiger charge is 2.31. The van der Waals surface area contributed by atoms with Crippen molar-refractivity contribution in [3.05, 3.63) is 65.5 Å². The zero-order valence-corrected chi connectivity index (χ0v) is 16.7. The van der Waals surface area contributed by atoms with E-state index in [4.69, 9.17) is 9.15 Å². The predicted molar refractivity (Wildman–Crippen MR) is 106 cm³/mol. The van der Waals surface area contributed by atoms with Crippen LogP contribution in [-0.2, 0) is 6.18 Å². The van der Waals surface area contributed by atoms with Crippen LogP contribution < -0.4 is 4.74 Å². The van der Waals surface area contributed by atoms with Gasteiger partial charge < -0.3 is 14.1 Å². The number of amides is 1. The van der Waals surface area contributed by atoms with E-state index in [0.29, 0.717) is 35.9 Å². The number of methoxy groups -OCH3 is 1. The minimum absolute atomic E-state index is 0.0881. The molecule has 9 heteroatoms. The molecule has 1 aliphatic heterocycles. The lowest BCUT2D eigenvalue weighted by Gasteiger charge is -2.31. The standard InChI is InChI=1S/C22H20F3N3O3/c1-30-18-10-6-15(7-11-18)21(29)28-12-2-3-16(13-28)20-27-26-19(31-20)14-4-8-17(9-5-14)22(23,24)25/h4-11,16H,2-3,12-13H2,1H3. The van der Waals surface area contributed by atoms with Crippen LogP contribution in [0.3, 0.4) is 0 Å². The average Bonchev–Trinajstić information content (AvgIpc) is 3.29. The smallest absolute Gasteiger partial charge is 0.416 e. The molecule has 1 atom stereocenters. The number of benzene rings is 2. The first kappa shape index (κ1) is 20.9. The van der Waals surface area contributed by atoms with E-state index in [0.717, 1.165) is 25.0 Å². The van der Waals surface area contributed by atoms with Crippen LogP contribution in [0, 0.1) is 0 Å². The van der Waals surface area contributed by atoms with Crippen LogP contribution in [0.15, 0.2) is 52.9 Å². The zero-order chi connectivity index (χ0) is 22.0. The van der Waals surface area contributed by atoms with Gasteiger partial charge in [0.25, 0.3) is 5.91 Å². The first-order valence-corrected chi connectivity index (χ1v) is 9.79. The third-order valence-corrected chi connectivity index (χ3v) is 5.29. The van der Waals surface area contributed by atoms with Gasteiger partial charge in [-0.2, -0.15) is 13.2 Å². The van der Waals surface area contributed by atoms with Crippen LogP contribution in [0.4, 0.5) is 13.2 Å². The number of alkyl halides is 3. The van der Waals surface area contributed by atoms with E-state index in [1.807, 2.05) is 0 Å². The van der Waals surface area contributed by atoms with Gasteiger partial charge in [-0.1, -0.05) is 0 Å². The fourth-order valence-corrected chi connectivity index (χ4v) is 3.60. The van der Waals surface area contributed by atoms with Crippen molar-refractivity contribution in [2.75, 3.05) is 20.2 Å². The Morgan fingerprint density at radius 3 is 2.45 bits per heavy atom. The lowest BCUT2D eigenvalue weighted by Crippen LogP contribution is -2.39. The molecule has 0 saturated carbocycles. The normalized spacial score (nSPS) is 16.9. The van der Waals surface area contributed by atoms with Crippen LogP contribution >= 0.6 is 0 Å². The molecule has 1 fully saturated rings. The highest BCUT2D eigenvalue weighted by atomic mass is 19.4. The van der Waals surface area contributed by atoms with Gasteiger partial charge in [-0.05, 0) is 61.4 Å². The summed E-state index contributed by atoms with van der Waals surface area (Å²) in [5.41, 5.74) is 0.238. The SMILES string of the molecule is COc1ccc(C(=O)N2CCCC(c3nnc(-c4ccc(C(F)(F)F)cc4)o3)C2)cc1. The fraction of sp³-hybridized carbons (Fsp3) is 0.318. The highest BCUT2D eigenvalue weighted by Crippen LogP contribution is 2.32. The van der Waals surface area contributed by atoms with Crippen molar-refractivity contribution >= 4 is 5.91 Å². The Kier molecular flexibility index (Phi) is 5.67. The van der Waals surface area contributed by atoms with E-state index in [-0.39, 0.29) is 17.7 Å². The molecule has 162 valence electrons. The molecular formula is C22H20F3N3O3. The lowest BCUT2D eigenvalue weighted by atomic mass is 9.97. The quantitative estimate of drug-likeness (QED) is 0.595. The summed E-state index contributed by atoms with van der Waals surface area (Å²) in [6.45, 7) is 1.06. The summed E-state index contributed by atoms with van der Waals surface area (Å²) in [6.07, 6.45) is -2.84. The van der Waals surface area contributed by atoms with Crippen molar-refractivity contribution in [1.29, 1.82) is 0 Å². The molecule has 1 unspecified atom stereocenters. The van der Waals surface area contributed by atoms with E-state index < -0.39 is 11.7 Å². The Hall–Kier alpha value is -3.36. The molecule has 3 aromatic rings. The second-order valence-corrected chi connectivity index (χ2v) is 7.34. The Bertz CT molecular complexity index is 1050. The molecule has 31 heavy (non-hydrogen) atoms. The maximum atomic E-state index is 12.8. The van der Waals surface area contributed by atoms with Crippen molar-refractivity contribution in [2.24, 2.45) is 0 Å². The number of hydrogen-bond donors (Lipinski definition) is 0. The largest absolute Gasteiger partial charge is 0.497 e. The Morgan fingerprint density at radius 1 is 1.10 bits per heavy atom. The number of rotatable bonds is 4. The second-order valence-electron chi connectivity index (χ2n) is 7.34. The molecule has 2 heterocycles. The number of ether oxygens (including phenoxy) is 1. The molecular weight excluding hydrogens is 411 g/mol. The molecule has 0 spiro atoms. The Labute approximate surface area is 176 Å². The van der Waals surface area contributed by atoms with Gasteiger partial charge in [-0.3, -0.25) is 4.79 Å². The van der Waals surface area contributed by atoms with Crippen LogP contribution in [0.2, 0.25) is 0 Å². The number of carbonyl (C=O) groups is 1. The van der Waals surface area contributed by atoms with Gasteiger partial charge in [0, 0.05) is 24.2 Å². The molecule has 0 N–H and O–H groups in total. The summed E-state index contributed by atoms with van der Waals surface area (Å²) < 4.78 is 49.1. The molecule has 6 nitrogen and oxygen atoms in total. The van der Waals surface area contributed by atoms with Crippen molar-refractivity contribution in [3.8, 4) is 17.2 Å². The van der Waals surface area contributed by atoms with Gasteiger partial charge in [0.15, 0.2) is 0 Å². The lowest BCUT2D eigenvalue weighted by molar-refractivity contribution is -0.137. The molecule has 1 aliphatic rings. The number of nitrogens with zero attached hydrogens (tertiary/aromatic N) is 3. The van der Waals surface area contributed by atoms with E-state index in [9.17, 15) is 18.0 Å². The molecule has 4 rings (SSSR count). The van der Waals surface area contributed by atoms with Gasteiger partial charge in [0.2, 0.25) is 11.8 Å². The van der Waals surface area contributed by atoms with Crippen molar-refractivity contribution in [3.63, 3.8) is 0 Å². The maximum Gasteiger partial charge on any atom is 0.416 e. The number of likely N-dealkylation sites (tertiary alicyclic amines) is 1. The number of hydrogen-bond acceptors (Lipinski definition) is 5. The summed E-state index contributed by atoms with van der Waals surface area (Å²) in [5.74, 6) is 0.987. The molecule has 0 aliphatic carbocycles. The Balaban J connectivity index is 1.46. The third kappa shape index (κ3) is 4.55. The zero-order valence-electron chi connectivity index (χ0n) is 16.7. The van der Waals surface area contributed by atoms with Crippen LogP contribution in [0.5, 0.6) is 5.75 Å². The van der Waals surface area contributed by atoms with Crippen LogP contribution in [0.1, 0.15) is 40.6 Å². The van der Waals surface area contributed by atoms with E-state index in [1.54, 1.807) is 36.3 Å². The summed E-state index contributed by atoms with van der Waals surface area (Å²) in [5, 5.41) is 8.07. The molecule has 1 aromatic heterocycles. The highest BCUT2D eigenvalue weighted by molar-refractivity contribution is 5.94. The first-order chi connectivity index (χ1) is 14.8. The number of carbonyl (C=O) groups excluding carboxylic acids is 1. The second kappa shape index (κ2) is 8.41. The number of aromatic nitrogens is 2. The van der Waals surface area contributed by atoms with Crippen molar-refractivity contribution in [1.82, 2.24) is 15.1 Å². The van der Waals surface area contributed by atoms with Gasteiger partial charge >= 0.3 is 6.18 Å². The first-order valence-electron chi connectivity index (χ1n) is 9.79. The maximum absolute atomic E-state index is 12.8. The fourth-order valence-electron chi connectivity index (χ4n) is 3.60. The van der Waals surface area contributed by atoms with E-state index in [1.165, 1.54) is 12.1 Å². The summed E-state index contributed by atoms with van der Waals surface area (Å²) in [6, 6.07) is 11.5. The minimum Gasteiger partial charge on any atom is -0.497 e. The summed E-state index contributed by atoms with van der Waals surface area (Å²) in [7, 11) is 1.56. The minimum atomic E-state index is -4.40. The van der Waals surface area contributed by atoms with Gasteiger partial charge in [0.05, 0.1) is 18.6 Å². The molecule has 0 radical (unpaired) electrons. The third-order valence-electron chi connectivity index (χ3n) is 5.29. The summed E-state index contributed by atoms with van der Waals surface area (Å²) in [4.78, 5) is 14.6. The Morgan fingerprint density at radius 2 is 1.81 bits per heavy atom. The topological polar surface area (TPSA) is 68.5 Å². The van der Waals surface area contributed by atoms with Crippen molar-refractivity contribution in [2.45, 2.75) is 24.9 Å². The van der Waals surface area contributed by atoms with Crippen LogP contribution in [-0.4, -0.2) is 41.2 Å². The number of halogens is 3. The van der Waals surface area contributed by atoms with E-state index in [2.05, 4.69) is 10.2 Å². The predicted octanol–water partition coefficient (Wildman–Crippen LogP) is 4.78. The van der Waals surface area contributed by atoms with Crippen molar-refractivity contribution < 1.29 is 27.1 Å². The molecule has 1 amide bonds. The van der Waals surface area contributed by atoms with Gasteiger partial charge in [-0.15, -0.1) is 10.2 Å². The summed E-state index contributed by atoms with van der Waals surface area (Å²) >= 11 is 0. The molecule has 1 saturated heterocycles. The van der Waals surface area contributed by atoms with Gasteiger partial charge in [0.1, 0.15) is 5.75 Å². The van der Waals surface area contributed by atoms with E-state index >= 15 is 0 Å². The monoisotopic (exact) mass is 431 g/mol. The number of piperidine rings is 1. The molecule has 0 bridgehead atoms. The van der Waals surface area contributed by atoms with Crippen LogP contribution in [0.25, 0.3) is 11.5 Å². The molecule has 2 aromatic carbocycles. The van der Waals surface area contributed by atoms with Gasteiger partial charge in [-0.25, -0.2) is 0 Å². The average molecular weight is 431 g/mol.